The van der Waals surface area contributed by atoms with Gasteiger partial charge in [0, 0.05) is 18.3 Å². The molecule has 2 aromatic heterocycles. The molecule has 0 unspecified atom stereocenters. The summed E-state index contributed by atoms with van der Waals surface area (Å²) in [4.78, 5) is 23.8. The minimum atomic E-state index is -0.948. The number of carboxylic acid groups (broad SMARTS) is 1. The van der Waals surface area contributed by atoms with E-state index in [9.17, 15) is 14.7 Å². The van der Waals surface area contributed by atoms with Crippen LogP contribution in [0.2, 0.25) is 0 Å². The smallest absolute Gasteiger partial charge is 0.317 e. The molecule has 2 heterocycles. The molecule has 2 N–H and O–H groups in total. The Bertz CT molecular complexity index is 675. The van der Waals surface area contributed by atoms with Gasteiger partial charge in [-0.05, 0) is 19.2 Å². The highest BCUT2D eigenvalue weighted by Crippen LogP contribution is 2.11. The molecule has 0 amide bonds. The molecule has 112 valence electrons. The molecular weight excluding hydrogens is 276 g/mol. The third-order valence-corrected chi connectivity index (χ3v) is 2.94. The molecule has 0 atom stereocenters. The Kier molecular flexibility index (Phi) is 4.44. The van der Waals surface area contributed by atoms with Gasteiger partial charge in [0.1, 0.15) is 5.76 Å². The van der Waals surface area contributed by atoms with Crippen LogP contribution in [-0.2, 0) is 17.9 Å². The van der Waals surface area contributed by atoms with E-state index in [1.165, 1.54) is 18.5 Å². The zero-order valence-corrected chi connectivity index (χ0v) is 11.5. The highest BCUT2D eigenvalue weighted by Gasteiger charge is 2.11. The summed E-state index contributed by atoms with van der Waals surface area (Å²) < 4.78 is 6.90. The van der Waals surface area contributed by atoms with E-state index >= 15 is 0 Å². The van der Waals surface area contributed by atoms with Gasteiger partial charge in [-0.15, -0.1) is 0 Å². The predicted octanol–water partition coefficient (Wildman–Crippen LogP) is 0.712. The lowest BCUT2D eigenvalue weighted by molar-refractivity contribution is -0.138. The van der Waals surface area contributed by atoms with Crippen molar-refractivity contribution in [3.63, 3.8) is 0 Å². The number of carboxylic acids is 1. The Balaban J connectivity index is 2.27. The molecule has 0 spiro atoms. The number of aliphatic carboxylic acids is 1. The molecule has 0 fully saturated rings. The van der Waals surface area contributed by atoms with Crippen molar-refractivity contribution in [2.75, 3.05) is 13.6 Å². The van der Waals surface area contributed by atoms with E-state index < -0.39 is 11.4 Å². The maximum Gasteiger partial charge on any atom is 0.317 e. The lowest BCUT2D eigenvalue weighted by atomic mass is 10.3. The second-order valence-electron chi connectivity index (χ2n) is 4.79. The second-order valence-corrected chi connectivity index (χ2v) is 4.79. The van der Waals surface area contributed by atoms with Crippen molar-refractivity contribution in [3.8, 4) is 5.75 Å². The first-order valence-corrected chi connectivity index (χ1v) is 6.31. The number of nitrogens with zero attached hydrogens (tertiary/aromatic N) is 2. The van der Waals surface area contributed by atoms with Gasteiger partial charge in [0.05, 0.1) is 25.5 Å². The summed E-state index contributed by atoms with van der Waals surface area (Å²) in [7, 11) is 1.64. The fourth-order valence-corrected chi connectivity index (χ4v) is 2.02. The molecule has 21 heavy (non-hydrogen) atoms. The van der Waals surface area contributed by atoms with E-state index in [1.807, 2.05) is 0 Å². The third-order valence-electron chi connectivity index (χ3n) is 2.94. The Morgan fingerprint density at radius 3 is 2.86 bits per heavy atom. The average molecular weight is 292 g/mol. The van der Waals surface area contributed by atoms with Crippen LogP contribution in [0.5, 0.6) is 5.75 Å². The van der Waals surface area contributed by atoms with E-state index in [2.05, 4.69) is 0 Å². The zero-order valence-electron chi connectivity index (χ0n) is 11.5. The van der Waals surface area contributed by atoms with Crippen LogP contribution in [-0.4, -0.2) is 39.2 Å². The first kappa shape index (κ1) is 14.9. The van der Waals surface area contributed by atoms with Crippen molar-refractivity contribution in [2.45, 2.75) is 13.1 Å². The van der Waals surface area contributed by atoms with Gasteiger partial charge in [-0.2, -0.15) is 0 Å². The molecule has 2 aromatic rings. The molecule has 0 radical (unpaired) electrons. The van der Waals surface area contributed by atoms with Crippen LogP contribution in [0.4, 0.5) is 0 Å². The number of rotatable bonds is 6. The highest BCUT2D eigenvalue weighted by atomic mass is 16.4. The standard InChI is InChI=1S/C14H16N2O5/c1-15(9-14(19)20)6-10-5-12(17)13(18)8-16(10)7-11-3-2-4-21-11/h2-5,8,18H,6-7,9H2,1H3,(H,19,20). The number of likely N-dealkylation sites (N-methyl/N-ethyl adjacent to an activating group) is 1. The van der Waals surface area contributed by atoms with Crippen molar-refractivity contribution in [2.24, 2.45) is 0 Å². The largest absolute Gasteiger partial charge is 0.503 e. The fraction of sp³-hybridized carbons (Fsp3) is 0.286. The molecule has 0 aliphatic carbocycles. The molecule has 2 rings (SSSR count). The van der Waals surface area contributed by atoms with Crippen LogP contribution < -0.4 is 5.43 Å². The van der Waals surface area contributed by atoms with Crippen LogP contribution in [0.1, 0.15) is 11.5 Å². The van der Waals surface area contributed by atoms with Crippen LogP contribution in [0.3, 0.4) is 0 Å². The zero-order chi connectivity index (χ0) is 15.4. The fourth-order valence-electron chi connectivity index (χ4n) is 2.02. The predicted molar refractivity (Wildman–Crippen MR) is 74.1 cm³/mol. The maximum absolute atomic E-state index is 11.6. The lowest BCUT2D eigenvalue weighted by Crippen LogP contribution is -2.27. The van der Waals surface area contributed by atoms with Crippen LogP contribution in [0, 0.1) is 0 Å². The van der Waals surface area contributed by atoms with Gasteiger partial charge in [0.15, 0.2) is 5.75 Å². The van der Waals surface area contributed by atoms with Crippen molar-refractivity contribution in [3.05, 3.63) is 52.3 Å². The Hall–Kier alpha value is -2.54. The van der Waals surface area contributed by atoms with Gasteiger partial charge in [-0.1, -0.05) is 0 Å². The number of aromatic nitrogens is 1. The van der Waals surface area contributed by atoms with E-state index in [-0.39, 0.29) is 18.8 Å². The van der Waals surface area contributed by atoms with Crippen molar-refractivity contribution in [1.82, 2.24) is 9.47 Å². The summed E-state index contributed by atoms with van der Waals surface area (Å²) in [5, 5.41) is 18.3. The number of hydrogen-bond donors (Lipinski definition) is 2. The maximum atomic E-state index is 11.6. The van der Waals surface area contributed by atoms with Gasteiger partial charge >= 0.3 is 5.97 Å². The summed E-state index contributed by atoms with van der Waals surface area (Å²) in [6.07, 6.45) is 2.86. The van der Waals surface area contributed by atoms with Gasteiger partial charge < -0.3 is 19.2 Å². The molecule has 7 heteroatoms. The highest BCUT2D eigenvalue weighted by molar-refractivity contribution is 5.69. The van der Waals surface area contributed by atoms with Crippen LogP contribution in [0.15, 0.2) is 39.9 Å². The van der Waals surface area contributed by atoms with E-state index in [4.69, 9.17) is 9.52 Å². The average Bonchev–Trinajstić information content (AvgIpc) is 2.87. The Morgan fingerprint density at radius 2 is 2.24 bits per heavy atom. The number of pyridine rings is 1. The van der Waals surface area contributed by atoms with E-state index in [1.54, 1.807) is 28.6 Å². The number of furan rings is 1. The summed E-state index contributed by atoms with van der Waals surface area (Å²) >= 11 is 0. The lowest BCUT2D eigenvalue weighted by Gasteiger charge is -2.18. The van der Waals surface area contributed by atoms with Gasteiger partial charge in [-0.25, -0.2) is 0 Å². The molecule has 0 aliphatic rings. The third kappa shape index (κ3) is 3.96. The van der Waals surface area contributed by atoms with Gasteiger partial charge in [0.2, 0.25) is 5.43 Å². The summed E-state index contributed by atoms with van der Waals surface area (Å²) in [6, 6.07) is 4.82. The molecule has 0 aromatic carbocycles. The van der Waals surface area contributed by atoms with Crippen molar-refractivity contribution in [1.29, 1.82) is 0 Å². The minimum Gasteiger partial charge on any atom is -0.503 e. The summed E-state index contributed by atoms with van der Waals surface area (Å²) in [6.45, 7) is 0.468. The van der Waals surface area contributed by atoms with Crippen molar-refractivity contribution >= 4 is 5.97 Å². The van der Waals surface area contributed by atoms with Crippen LogP contribution in [0.25, 0.3) is 0 Å². The Morgan fingerprint density at radius 1 is 1.48 bits per heavy atom. The molecular formula is C14H16N2O5. The van der Waals surface area contributed by atoms with E-state index in [0.29, 0.717) is 18.0 Å². The second kappa shape index (κ2) is 6.27. The van der Waals surface area contributed by atoms with Gasteiger partial charge in [0.25, 0.3) is 0 Å². The SMILES string of the molecule is CN(CC(=O)O)Cc1cc(=O)c(O)cn1Cc1ccco1. The molecule has 7 nitrogen and oxygen atoms in total. The van der Waals surface area contributed by atoms with Crippen LogP contribution >= 0.6 is 0 Å². The van der Waals surface area contributed by atoms with Gasteiger partial charge in [-0.3, -0.25) is 14.5 Å². The number of carbonyl (C=O) groups is 1. The number of aromatic hydroxyl groups is 1. The molecule has 0 bridgehead atoms. The molecule has 0 saturated carbocycles. The first-order valence-electron chi connectivity index (χ1n) is 6.31. The quantitative estimate of drug-likeness (QED) is 0.814. The summed E-state index contributed by atoms with van der Waals surface area (Å²) in [5.41, 5.74) is 0.0994. The summed E-state index contributed by atoms with van der Waals surface area (Å²) in [5.74, 6) is -0.636. The topological polar surface area (TPSA) is 95.9 Å². The molecule has 0 saturated heterocycles. The first-order chi connectivity index (χ1) is 9.95. The van der Waals surface area contributed by atoms with Crippen molar-refractivity contribution < 1.29 is 19.4 Å². The normalized spacial score (nSPS) is 11.0. The van der Waals surface area contributed by atoms with E-state index in [0.717, 1.165) is 0 Å². The number of hydrogen-bond acceptors (Lipinski definition) is 5. The Labute approximate surface area is 120 Å². The minimum absolute atomic E-state index is 0.143. The monoisotopic (exact) mass is 292 g/mol. The molecule has 0 aliphatic heterocycles.